The first-order chi connectivity index (χ1) is 30.7. The van der Waals surface area contributed by atoms with E-state index in [0.29, 0.717) is 45.2 Å². The van der Waals surface area contributed by atoms with Gasteiger partial charge in [0, 0.05) is 84.7 Å². The van der Waals surface area contributed by atoms with Crippen LogP contribution in [0.4, 0.5) is 0 Å². The first-order valence-electron chi connectivity index (χ1n) is 23.9. The molecular weight excluding hydrogens is 829 g/mol. The van der Waals surface area contributed by atoms with E-state index in [-0.39, 0.29) is 96.5 Å². The second-order valence-corrected chi connectivity index (χ2v) is 19.3. The molecule has 0 aromatic heterocycles. The van der Waals surface area contributed by atoms with E-state index in [4.69, 9.17) is 9.47 Å². The first kappa shape index (κ1) is 55.1. The third-order valence-electron chi connectivity index (χ3n) is 14.0. The Morgan fingerprint density at radius 2 is 1.42 bits per heavy atom. The van der Waals surface area contributed by atoms with Crippen molar-refractivity contribution in [3.63, 3.8) is 0 Å². The lowest BCUT2D eigenvalue weighted by Crippen LogP contribution is -2.54. The third kappa shape index (κ3) is 14.6. The predicted octanol–water partition coefficient (Wildman–Crippen LogP) is 6.44. The van der Waals surface area contributed by atoms with Crippen molar-refractivity contribution in [2.75, 3.05) is 41.4 Å². The molecule has 5 amide bonds. The zero-order valence-electron chi connectivity index (χ0n) is 41.4. The standard InChI is InChI=1S/C51H80N4O10/c1-13-34(6)48(42(64-11)31-46(61)54-28-20-23-39(54)50(65-12)36(8)40(56)29-35(7)49(62)37-21-16-14-17-22-37)53(10)51(63)38(32(2)3)30-41(57)47(33(4)5)52(9)43(58)24-18-15-19-27-55-44(59)25-26-45(55)60/h14,16-17,21-22,25-26,32-36,38-39,42,47-50,62H,13,15,18-20,23-24,27-31H2,1-12H3. The first-order valence-corrected chi connectivity index (χ1v) is 23.9. The predicted molar refractivity (Wildman–Crippen MR) is 250 cm³/mol. The summed E-state index contributed by atoms with van der Waals surface area (Å²) in [4.78, 5) is 100. The van der Waals surface area contributed by atoms with E-state index in [1.54, 1.807) is 38.1 Å². The molecule has 14 nitrogen and oxygen atoms in total. The zero-order valence-corrected chi connectivity index (χ0v) is 41.4. The maximum Gasteiger partial charge on any atom is 0.253 e. The summed E-state index contributed by atoms with van der Waals surface area (Å²) in [6.07, 6.45) is 4.64. The average molecular weight is 909 g/mol. The van der Waals surface area contributed by atoms with Crippen molar-refractivity contribution in [2.45, 2.75) is 156 Å². The number of likely N-dealkylation sites (N-methyl/N-ethyl adjacent to an activating group) is 2. The molecule has 2 heterocycles. The van der Waals surface area contributed by atoms with Gasteiger partial charge in [0.2, 0.25) is 17.7 Å². The van der Waals surface area contributed by atoms with Crippen molar-refractivity contribution < 1.29 is 48.1 Å². The number of unbranched alkanes of at least 4 members (excludes halogenated alkanes) is 2. The lowest BCUT2D eigenvalue weighted by atomic mass is 9.83. The monoisotopic (exact) mass is 909 g/mol. The van der Waals surface area contributed by atoms with Crippen LogP contribution in [0.15, 0.2) is 42.5 Å². The van der Waals surface area contributed by atoms with Gasteiger partial charge in [-0.05, 0) is 54.9 Å². The lowest BCUT2D eigenvalue weighted by molar-refractivity contribution is -0.149. The second kappa shape index (κ2) is 26.2. The van der Waals surface area contributed by atoms with Crippen molar-refractivity contribution in [1.29, 1.82) is 0 Å². The van der Waals surface area contributed by atoms with Gasteiger partial charge in [0.05, 0.1) is 42.9 Å². The molecule has 3 rings (SSSR count). The van der Waals surface area contributed by atoms with E-state index in [2.05, 4.69) is 0 Å². The summed E-state index contributed by atoms with van der Waals surface area (Å²) in [7, 11) is 6.47. The van der Waals surface area contributed by atoms with Gasteiger partial charge in [-0.2, -0.15) is 0 Å². The molecule has 0 saturated carbocycles. The van der Waals surface area contributed by atoms with Gasteiger partial charge in [0.25, 0.3) is 11.8 Å². The second-order valence-electron chi connectivity index (χ2n) is 19.3. The number of aliphatic hydroxyl groups excluding tert-OH is 1. The molecule has 1 aromatic carbocycles. The molecule has 0 aliphatic carbocycles. The van der Waals surface area contributed by atoms with E-state index in [1.165, 1.54) is 22.0 Å². The molecule has 1 aromatic rings. The minimum absolute atomic E-state index is 0.00198. The van der Waals surface area contributed by atoms with Gasteiger partial charge in [-0.15, -0.1) is 0 Å². The van der Waals surface area contributed by atoms with Gasteiger partial charge in [-0.3, -0.25) is 38.5 Å². The number of amides is 5. The fourth-order valence-corrected chi connectivity index (χ4v) is 9.88. The molecule has 10 atom stereocenters. The van der Waals surface area contributed by atoms with Crippen LogP contribution in [0.2, 0.25) is 0 Å². The van der Waals surface area contributed by atoms with Gasteiger partial charge in [-0.25, -0.2) is 0 Å². The van der Waals surface area contributed by atoms with Crippen LogP contribution in [0.3, 0.4) is 0 Å². The highest BCUT2D eigenvalue weighted by Gasteiger charge is 2.43. The number of ketones is 2. The Morgan fingerprint density at radius 3 is 1.97 bits per heavy atom. The molecule has 14 heteroatoms. The Hall–Kier alpha value is -4.27. The highest BCUT2D eigenvalue weighted by Crippen LogP contribution is 2.33. The van der Waals surface area contributed by atoms with Gasteiger partial charge in [-0.1, -0.05) is 98.6 Å². The summed E-state index contributed by atoms with van der Waals surface area (Å²) in [5.74, 6) is -3.50. The summed E-state index contributed by atoms with van der Waals surface area (Å²) in [5, 5.41) is 11.0. The third-order valence-corrected chi connectivity index (χ3v) is 14.0. The van der Waals surface area contributed by atoms with Crippen LogP contribution in [0.1, 0.15) is 131 Å². The fraction of sp³-hybridized carbons (Fsp3) is 0.706. The molecule has 0 bridgehead atoms. The Balaban J connectivity index is 1.70. The van der Waals surface area contributed by atoms with E-state index in [1.807, 2.05) is 85.7 Å². The number of likely N-dealkylation sites (tertiary alicyclic amines) is 1. The molecule has 364 valence electrons. The topological polar surface area (TPSA) is 171 Å². The van der Waals surface area contributed by atoms with Crippen LogP contribution in [0, 0.1) is 35.5 Å². The largest absolute Gasteiger partial charge is 0.388 e. The summed E-state index contributed by atoms with van der Waals surface area (Å²) >= 11 is 0. The molecule has 10 unspecified atom stereocenters. The highest BCUT2D eigenvalue weighted by atomic mass is 16.5. The van der Waals surface area contributed by atoms with Gasteiger partial charge < -0.3 is 29.3 Å². The average Bonchev–Trinajstić information content (AvgIpc) is 3.89. The summed E-state index contributed by atoms with van der Waals surface area (Å²) in [6, 6.07) is 7.70. The SMILES string of the molecule is CCC(C)C(C(CC(=O)N1CCCC1C(OC)C(C)C(=O)CC(C)C(O)c1ccccc1)OC)N(C)C(=O)C(CC(=O)C(C(C)C)N(C)C(=O)CCCCCN1C(=O)C=CC1=O)C(C)C. The van der Waals surface area contributed by atoms with Crippen LogP contribution in [0.5, 0.6) is 0 Å². The number of aliphatic hydroxyl groups is 1. The van der Waals surface area contributed by atoms with Crippen molar-refractivity contribution in [2.24, 2.45) is 35.5 Å². The van der Waals surface area contributed by atoms with Crippen LogP contribution in [-0.4, -0.2) is 138 Å². The smallest absolute Gasteiger partial charge is 0.253 e. The molecule has 65 heavy (non-hydrogen) atoms. The van der Waals surface area contributed by atoms with Gasteiger partial charge in [0.15, 0.2) is 5.78 Å². The van der Waals surface area contributed by atoms with E-state index in [9.17, 15) is 38.7 Å². The number of hydrogen-bond acceptors (Lipinski definition) is 10. The molecular formula is C51H80N4O10. The number of benzene rings is 1. The number of hydrogen-bond donors (Lipinski definition) is 1. The number of rotatable bonds is 28. The molecule has 1 N–H and O–H groups in total. The maximum atomic E-state index is 14.6. The normalized spacial score (nSPS) is 19.5. The summed E-state index contributed by atoms with van der Waals surface area (Å²) in [6.45, 7) is 16.1. The van der Waals surface area contributed by atoms with Crippen LogP contribution < -0.4 is 0 Å². The van der Waals surface area contributed by atoms with Crippen LogP contribution >= 0.6 is 0 Å². The highest BCUT2D eigenvalue weighted by molar-refractivity contribution is 6.12. The van der Waals surface area contributed by atoms with E-state index in [0.717, 1.165) is 12.0 Å². The molecule has 2 aliphatic heterocycles. The number of carbonyl (C=O) groups is 7. The number of ether oxygens (including phenoxy) is 2. The number of Topliss-reactive ketones (excluding diaryl/α,β-unsaturated/α-hetero) is 2. The van der Waals surface area contributed by atoms with E-state index < -0.39 is 42.2 Å². The fourth-order valence-electron chi connectivity index (χ4n) is 9.88. The van der Waals surface area contributed by atoms with Crippen molar-refractivity contribution >= 4 is 41.1 Å². The van der Waals surface area contributed by atoms with Crippen molar-refractivity contribution in [3.8, 4) is 0 Å². The molecule has 0 spiro atoms. The van der Waals surface area contributed by atoms with Crippen LogP contribution in [-0.2, 0) is 43.0 Å². The lowest BCUT2D eigenvalue weighted by Gasteiger charge is -2.41. The minimum atomic E-state index is -0.792. The number of methoxy groups -OCH3 is 2. The minimum Gasteiger partial charge on any atom is -0.388 e. The van der Waals surface area contributed by atoms with Crippen LogP contribution in [0.25, 0.3) is 0 Å². The Kier molecular flexibility index (Phi) is 22.2. The Morgan fingerprint density at radius 1 is 0.785 bits per heavy atom. The number of nitrogens with zero attached hydrogens (tertiary/aromatic N) is 4. The van der Waals surface area contributed by atoms with Gasteiger partial charge >= 0.3 is 0 Å². The number of imide groups is 1. The van der Waals surface area contributed by atoms with Crippen molar-refractivity contribution in [3.05, 3.63) is 48.0 Å². The Bertz CT molecular complexity index is 1770. The van der Waals surface area contributed by atoms with Crippen molar-refractivity contribution in [1.82, 2.24) is 19.6 Å². The maximum absolute atomic E-state index is 14.6. The molecule has 1 fully saturated rings. The summed E-state index contributed by atoms with van der Waals surface area (Å²) < 4.78 is 12.1. The van der Waals surface area contributed by atoms with E-state index >= 15 is 0 Å². The Labute approximate surface area is 388 Å². The molecule has 0 radical (unpaired) electrons. The summed E-state index contributed by atoms with van der Waals surface area (Å²) in [5.41, 5.74) is 0.754. The molecule has 1 saturated heterocycles. The zero-order chi connectivity index (χ0) is 48.7. The number of carbonyl (C=O) groups excluding carboxylic acids is 7. The van der Waals surface area contributed by atoms with Gasteiger partial charge in [0.1, 0.15) is 5.78 Å². The molecule has 2 aliphatic rings. The quantitative estimate of drug-likeness (QED) is 0.0730.